The molecule has 5 aromatic carbocycles. The van der Waals surface area contributed by atoms with Crippen LogP contribution in [0.2, 0.25) is 0 Å². The van der Waals surface area contributed by atoms with E-state index in [4.69, 9.17) is 6.57 Å². The molecule has 0 heterocycles. The van der Waals surface area contributed by atoms with Crippen LogP contribution in [-0.4, -0.2) is 5.54 Å². The Morgan fingerprint density at radius 3 is 1.00 bits per heavy atom. The molecule has 1 unspecified atom stereocenters. The largest absolute Gasteiger partial charge is 0.311 e. The van der Waals surface area contributed by atoms with Crippen LogP contribution in [0, 0.1) is 37.2 Å². The lowest BCUT2D eigenvalue weighted by Gasteiger charge is -2.35. The molecule has 0 spiro atoms. The van der Waals surface area contributed by atoms with Gasteiger partial charge in [0, 0.05) is 36.5 Å². The van der Waals surface area contributed by atoms with Crippen LogP contribution in [0.4, 0.5) is 0 Å². The molecule has 0 aliphatic heterocycles. The molecule has 0 saturated carbocycles. The van der Waals surface area contributed by atoms with Gasteiger partial charge in [0.25, 0.3) is 0 Å². The number of unbranched alkanes of at least 4 members (excludes halogenated alkanes) is 20. The summed E-state index contributed by atoms with van der Waals surface area (Å²) in [6.45, 7) is 30.5. The van der Waals surface area contributed by atoms with Gasteiger partial charge >= 0.3 is 0 Å². The van der Waals surface area contributed by atoms with Crippen LogP contribution < -0.4 is 0 Å². The van der Waals surface area contributed by atoms with Gasteiger partial charge in [0.1, 0.15) is 0 Å². The minimum Gasteiger partial charge on any atom is -0.311 e. The number of nitrogens with zero attached hydrogens (tertiary/aromatic N) is 2. The van der Waals surface area contributed by atoms with Gasteiger partial charge in [0.2, 0.25) is 5.54 Å². The van der Waals surface area contributed by atoms with Gasteiger partial charge in [-0.15, -0.1) is 0 Å². The van der Waals surface area contributed by atoms with Gasteiger partial charge in [-0.3, -0.25) is 0 Å². The fourth-order valence-corrected chi connectivity index (χ4v) is 16.1. The molecule has 5 aromatic rings. The maximum absolute atomic E-state index is 10.2. The van der Waals surface area contributed by atoms with Gasteiger partial charge < -0.3 is 4.85 Å². The molecular formula is C81H112N2. The fourth-order valence-electron chi connectivity index (χ4n) is 16.1. The van der Waals surface area contributed by atoms with E-state index in [2.05, 4.69) is 165 Å². The highest BCUT2D eigenvalue weighted by Crippen LogP contribution is 2.62. The summed E-state index contributed by atoms with van der Waals surface area (Å²) in [5.74, 6) is 0. The van der Waals surface area contributed by atoms with Gasteiger partial charge in [-0.05, 0) is 181 Å². The monoisotopic (exact) mass is 1110 g/mol. The summed E-state index contributed by atoms with van der Waals surface area (Å²) in [6.07, 6.45) is 42.4. The number of fused-ring (bicyclic) bond motifs is 9. The summed E-state index contributed by atoms with van der Waals surface area (Å²) < 4.78 is 0. The molecule has 0 bridgehead atoms. The highest BCUT2D eigenvalue weighted by atomic mass is 14.8. The third-order valence-corrected chi connectivity index (χ3v) is 21.1. The number of hydrogen-bond donors (Lipinski definition) is 0. The molecule has 0 saturated heterocycles. The van der Waals surface area contributed by atoms with E-state index >= 15 is 0 Å². The van der Waals surface area contributed by atoms with Gasteiger partial charge in [-0.25, -0.2) is 6.57 Å². The summed E-state index contributed by atoms with van der Waals surface area (Å²) in [5, 5.41) is 10.2. The van der Waals surface area contributed by atoms with E-state index in [1.807, 2.05) is 0 Å². The quantitative estimate of drug-likeness (QED) is 0.0288. The predicted octanol–water partition coefficient (Wildman–Crippen LogP) is 25.4. The molecule has 83 heavy (non-hydrogen) atoms. The van der Waals surface area contributed by atoms with Gasteiger partial charge in [0.05, 0.1) is 11.5 Å². The van der Waals surface area contributed by atoms with Crippen molar-refractivity contribution < 1.29 is 0 Å². The van der Waals surface area contributed by atoms with Crippen molar-refractivity contribution in [1.29, 1.82) is 5.26 Å². The smallest absolute Gasteiger partial charge is 0.227 e. The van der Waals surface area contributed by atoms with Crippen LogP contribution in [0.15, 0.2) is 84.9 Å². The Labute approximate surface area is 508 Å². The van der Waals surface area contributed by atoms with Gasteiger partial charge in [-0.2, -0.15) is 5.26 Å². The van der Waals surface area contributed by atoms with Crippen molar-refractivity contribution in [3.8, 4) is 50.6 Å². The standard InChI is InChI=1S/C81H112N2/c1-12-16-20-24-28-32-48-79(49-33-29-25-21-17-13-2)72-55-62(6)39-43-67(72)69-58-76-70(59-75(69)79)68-45-41-64(57-74(68)80(76,50-34-30-26-22-18-14-3)51-35-31-27-23-19-15-4)63-40-44-66-65-42-38-61(5)54-71(65)81(73(66)56-63,52-36-46-77(7,8)60-82)53-37-47-78(9,10)83-11/h38-45,54-59H,12-37,46-53H2,1-10H3. The molecule has 3 aliphatic carbocycles. The first-order valence-corrected chi connectivity index (χ1v) is 34.7. The Morgan fingerprint density at radius 2 is 0.651 bits per heavy atom. The van der Waals surface area contributed by atoms with E-state index in [1.165, 1.54) is 235 Å². The summed E-state index contributed by atoms with van der Waals surface area (Å²) in [4.78, 5) is 4.09. The number of benzene rings is 5. The minimum atomic E-state index is -0.395. The lowest BCUT2D eigenvalue weighted by molar-refractivity contribution is 0.352. The number of rotatable bonds is 37. The van der Waals surface area contributed by atoms with Gasteiger partial charge in [0.15, 0.2) is 0 Å². The topological polar surface area (TPSA) is 28.1 Å². The Morgan fingerprint density at radius 1 is 0.361 bits per heavy atom. The van der Waals surface area contributed by atoms with Crippen LogP contribution >= 0.6 is 0 Å². The van der Waals surface area contributed by atoms with E-state index in [0.29, 0.717) is 0 Å². The maximum atomic E-state index is 10.2. The zero-order valence-electron chi connectivity index (χ0n) is 54.5. The van der Waals surface area contributed by atoms with Crippen LogP contribution in [-0.2, 0) is 16.2 Å². The van der Waals surface area contributed by atoms with Crippen molar-refractivity contribution in [3.63, 3.8) is 0 Å². The third kappa shape index (κ3) is 14.5. The first kappa shape index (κ1) is 64.1. The molecule has 1 atom stereocenters. The second kappa shape index (κ2) is 29.5. The second-order valence-electron chi connectivity index (χ2n) is 28.5. The van der Waals surface area contributed by atoms with Crippen LogP contribution in [0.25, 0.3) is 49.4 Å². The average Bonchev–Trinajstić information content (AvgIpc) is 2.98. The zero-order chi connectivity index (χ0) is 59.1. The van der Waals surface area contributed by atoms with E-state index in [-0.39, 0.29) is 21.7 Å². The first-order valence-electron chi connectivity index (χ1n) is 34.7. The van der Waals surface area contributed by atoms with Crippen molar-refractivity contribution in [2.45, 2.75) is 309 Å². The SMILES string of the molecule is [C-]#[N+]C(C)(C)CCCC1(CCCC(C)(C)C#N)c2cc(C)ccc2-c2ccc(-c3ccc4c(c3)C(CCCCCCCC)(CCCCCCCC)c3cc5c(cc3-4)C(CCCCCCCC)(CCCCCCCC)c3cc(C)ccc3-5)cc21. The molecule has 3 aliphatic rings. The number of aryl methyl sites for hydroxylation is 2. The van der Waals surface area contributed by atoms with Crippen LogP contribution in [0.1, 0.15) is 318 Å². The Kier molecular flexibility index (Phi) is 22.7. The number of nitriles is 1. The van der Waals surface area contributed by atoms with Crippen molar-refractivity contribution in [3.05, 3.63) is 141 Å². The molecule has 2 nitrogen and oxygen atoms in total. The number of hydrogen-bond acceptors (Lipinski definition) is 1. The van der Waals surface area contributed by atoms with Crippen molar-refractivity contribution in [2.24, 2.45) is 5.41 Å². The fraction of sp³-hybridized carbons (Fsp3) is 0.605. The Bertz CT molecular complexity index is 2930. The van der Waals surface area contributed by atoms with Crippen molar-refractivity contribution >= 4 is 0 Å². The second-order valence-corrected chi connectivity index (χ2v) is 28.5. The molecule has 0 N–H and O–H groups in total. The highest BCUT2D eigenvalue weighted by Gasteiger charge is 2.49. The summed E-state index contributed by atoms with van der Waals surface area (Å²) in [7, 11) is 0. The van der Waals surface area contributed by atoms with Crippen LogP contribution in [0.3, 0.4) is 0 Å². The van der Waals surface area contributed by atoms with Crippen LogP contribution in [0.5, 0.6) is 0 Å². The summed E-state index contributed by atoms with van der Waals surface area (Å²) in [6, 6.07) is 38.5. The van der Waals surface area contributed by atoms with Crippen molar-refractivity contribution in [1.82, 2.24) is 0 Å². The first-order chi connectivity index (χ1) is 40.2. The normalized spacial score (nSPS) is 16.0. The molecule has 446 valence electrons. The zero-order valence-corrected chi connectivity index (χ0v) is 54.5. The maximum Gasteiger partial charge on any atom is 0.227 e. The molecule has 0 fully saturated rings. The van der Waals surface area contributed by atoms with E-state index in [1.54, 1.807) is 33.4 Å². The molecular weight excluding hydrogens is 1000 g/mol. The minimum absolute atomic E-state index is 0.0360. The summed E-state index contributed by atoms with van der Waals surface area (Å²) >= 11 is 0. The van der Waals surface area contributed by atoms with Gasteiger partial charge in [-0.1, -0.05) is 260 Å². The highest BCUT2D eigenvalue weighted by molar-refractivity contribution is 5.92. The molecule has 8 rings (SSSR count). The Hall–Kier alpha value is -4.92. The lowest BCUT2D eigenvalue weighted by atomic mass is 9.68. The predicted molar refractivity (Wildman–Crippen MR) is 360 cm³/mol. The lowest BCUT2D eigenvalue weighted by Crippen LogP contribution is -2.27. The molecule has 0 amide bonds. The Balaban J connectivity index is 1.30. The molecule has 2 heteroatoms. The summed E-state index contributed by atoms with van der Waals surface area (Å²) in [5.41, 5.74) is 22.7. The van der Waals surface area contributed by atoms with E-state index in [9.17, 15) is 5.26 Å². The van der Waals surface area contributed by atoms with Crippen molar-refractivity contribution in [2.75, 3.05) is 0 Å². The van der Waals surface area contributed by atoms with E-state index < -0.39 is 5.54 Å². The average molecular weight is 1110 g/mol. The molecule has 0 radical (unpaired) electrons. The van der Waals surface area contributed by atoms with E-state index in [0.717, 1.165) is 38.5 Å². The molecule has 0 aromatic heterocycles. The third-order valence-electron chi connectivity index (χ3n) is 21.1.